The van der Waals surface area contributed by atoms with Gasteiger partial charge >= 0.3 is 5.91 Å². The highest BCUT2D eigenvalue weighted by Gasteiger charge is 2.48. The molecular formula is C30H28N2O6S. The van der Waals surface area contributed by atoms with Crippen LogP contribution in [0.15, 0.2) is 66.2 Å². The third-order valence-electron chi connectivity index (χ3n) is 6.57. The van der Waals surface area contributed by atoms with Gasteiger partial charge in [0.25, 0.3) is 5.78 Å². The van der Waals surface area contributed by atoms with Crippen LogP contribution >= 0.6 is 11.3 Å². The standard InChI is InChI=1S/C30H28N2O6S/c1-5-14-38-20-9-6-18(7-10-20)26-25(27(33)19-8-13-23(37-4)17(2)15-19)28(34)29(35)32(26)30-31-22-12-11-21(36-3)16-24(22)39-30/h6-13,15-16,26,33H,5,14H2,1-4H3/b27-25+/t26-/m0/s1. The number of aromatic nitrogens is 1. The average molecular weight is 545 g/mol. The summed E-state index contributed by atoms with van der Waals surface area (Å²) >= 11 is 1.28. The van der Waals surface area contributed by atoms with Crippen molar-refractivity contribution in [2.45, 2.75) is 26.3 Å². The van der Waals surface area contributed by atoms with Crippen LogP contribution in [0.5, 0.6) is 17.2 Å². The first-order chi connectivity index (χ1) is 18.9. The zero-order valence-corrected chi connectivity index (χ0v) is 22.9. The first kappa shape index (κ1) is 26.2. The lowest BCUT2D eigenvalue weighted by molar-refractivity contribution is -0.132. The number of rotatable bonds is 8. The maximum Gasteiger partial charge on any atom is 0.301 e. The zero-order valence-electron chi connectivity index (χ0n) is 22.1. The minimum atomic E-state index is -0.893. The number of amides is 1. The third-order valence-corrected chi connectivity index (χ3v) is 7.59. The lowest BCUT2D eigenvalue weighted by Crippen LogP contribution is -2.29. The Hall–Kier alpha value is -4.37. The van der Waals surface area contributed by atoms with Gasteiger partial charge in [0, 0.05) is 5.56 Å². The number of carbonyl (C=O) groups excluding carboxylic acids is 2. The predicted octanol–water partition coefficient (Wildman–Crippen LogP) is 6.04. The number of nitrogens with zero attached hydrogens (tertiary/aromatic N) is 2. The second kappa shape index (κ2) is 10.8. The van der Waals surface area contributed by atoms with Crippen LogP contribution in [0.4, 0.5) is 5.13 Å². The molecular weight excluding hydrogens is 516 g/mol. The van der Waals surface area contributed by atoms with Gasteiger partial charge in [0.05, 0.1) is 42.7 Å². The van der Waals surface area contributed by atoms with Gasteiger partial charge in [-0.3, -0.25) is 14.5 Å². The van der Waals surface area contributed by atoms with Crippen molar-refractivity contribution in [3.05, 3.63) is 82.9 Å². The van der Waals surface area contributed by atoms with Crippen molar-refractivity contribution in [2.75, 3.05) is 25.7 Å². The molecule has 39 heavy (non-hydrogen) atoms. The summed E-state index contributed by atoms with van der Waals surface area (Å²) in [6, 6.07) is 16.8. The van der Waals surface area contributed by atoms with Crippen molar-refractivity contribution in [2.24, 2.45) is 0 Å². The molecule has 1 N–H and O–H groups in total. The summed E-state index contributed by atoms with van der Waals surface area (Å²) in [4.78, 5) is 33.1. The molecule has 1 aliphatic heterocycles. The maximum absolute atomic E-state index is 13.5. The van der Waals surface area contributed by atoms with Gasteiger partial charge in [-0.05, 0) is 73.0 Å². The number of carbonyl (C=O) groups is 2. The normalized spacial score (nSPS) is 16.6. The van der Waals surface area contributed by atoms with Gasteiger partial charge in [0.1, 0.15) is 23.0 Å². The molecule has 200 valence electrons. The number of fused-ring (bicyclic) bond motifs is 1. The summed E-state index contributed by atoms with van der Waals surface area (Å²) in [5.41, 5.74) is 2.49. The van der Waals surface area contributed by atoms with Gasteiger partial charge in [0.2, 0.25) is 0 Å². The highest BCUT2D eigenvalue weighted by Crippen LogP contribution is 2.45. The number of hydrogen-bond donors (Lipinski definition) is 1. The van der Waals surface area contributed by atoms with Gasteiger partial charge in [-0.1, -0.05) is 30.4 Å². The summed E-state index contributed by atoms with van der Waals surface area (Å²) in [6.07, 6.45) is 0.867. The molecule has 0 unspecified atom stereocenters. The van der Waals surface area contributed by atoms with Gasteiger partial charge in [-0.15, -0.1) is 0 Å². The van der Waals surface area contributed by atoms with Gasteiger partial charge in [-0.2, -0.15) is 0 Å². The van der Waals surface area contributed by atoms with E-state index in [4.69, 9.17) is 14.2 Å². The number of ketones is 1. The average Bonchev–Trinajstić information content (AvgIpc) is 3.49. The fourth-order valence-corrected chi connectivity index (χ4v) is 5.64. The highest BCUT2D eigenvalue weighted by molar-refractivity contribution is 7.22. The van der Waals surface area contributed by atoms with Crippen LogP contribution in [-0.4, -0.2) is 42.6 Å². The van der Waals surface area contributed by atoms with Crippen molar-refractivity contribution < 1.29 is 28.9 Å². The molecule has 9 heteroatoms. The van der Waals surface area contributed by atoms with Crippen molar-refractivity contribution in [1.29, 1.82) is 0 Å². The number of aliphatic hydroxyl groups is 1. The first-order valence-electron chi connectivity index (χ1n) is 12.5. The second-order valence-electron chi connectivity index (χ2n) is 9.10. The third kappa shape index (κ3) is 4.81. The summed E-state index contributed by atoms with van der Waals surface area (Å²) < 4.78 is 17.2. The highest BCUT2D eigenvalue weighted by atomic mass is 32.1. The molecule has 1 saturated heterocycles. The molecule has 8 nitrogen and oxygen atoms in total. The molecule has 0 bridgehead atoms. The van der Waals surface area contributed by atoms with E-state index < -0.39 is 17.7 Å². The molecule has 0 saturated carbocycles. The molecule has 4 aromatic rings. The minimum Gasteiger partial charge on any atom is -0.507 e. The molecule has 1 fully saturated rings. The summed E-state index contributed by atoms with van der Waals surface area (Å²) in [5, 5.41) is 11.8. The molecule has 3 aromatic carbocycles. The molecule has 2 heterocycles. The second-order valence-corrected chi connectivity index (χ2v) is 10.1. The molecule has 1 aliphatic rings. The van der Waals surface area contributed by atoms with Crippen molar-refractivity contribution in [3.8, 4) is 17.2 Å². The summed E-state index contributed by atoms with van der Waals surface area (Å²) in [6.45, 7) is 4.44. The van der Waals surface area contributed by atoms with Crippen LogP contribution in [0, 0.1) is 6.92 Å². The van der Waals surface area contributed by atoms with Crippen molar-refractivity contribution in [1.82, 2.24) is 4.98 Å². The number of aryl methyl sites for hydroxylation is 1. The zero-order chi connectivity index (χ0) is 27.7. The Morgan fingerprint density at radius 2 is 1.74 bits per heavy atom. The van der Waals surface area contributed by atoms with Crippen LogP contribution < -0.4 is 19.1 Å². The lowest BCUT2D eigenvalue weighted by atomic mass is 9.95. The van der Waals surface area contributed by atoms with E-state index in [1.54, 1.807) is 68.8 Å². The number of thiazole rings is 1. The topological polar surface area (TPSA) is 98.2 Å². The van der Waals surface area contributed by atoms with E-state index in [1.165, 1.54) is 16.2 Å². The van der Waals surface area contributed by atoms with Crippen LogP contribution in [0.1, 0.15) is 36.1 Å². The number of methoxy groups -OCH3 is 2. The molecule has 1 aromatic heterocycles. The quantitative estimate of drug-likeness (QED) is 0.164. The smallest absolute Gasteiger partial charge is 0.301 e. The first-order valence-corrected chi connectivity index (χ1v) is 13.3. The summed E-state index contributed by atoms with van der Waals surface area (Å²) in [5.74, 6) is 0.180. The molecule has 0 radical (unpaired) electrons. The minimum absolute atomic E-state index is 0.0105. The number of benzene rings is 3. The van der Waals surface area contributed by atoms with Gasteiger partial charge < -0.3 is 19.3 Å². The maximum atomic E-state index is 13.5. The molecule has 1 amide bonds. The molecule has 5 rings (SSSR count). The van der Waals surface area contributed by atoms with E-state index in [9.17, 15) is 14.7 Å². The Bertz CT molecular complexity index is 1590. The largest absolute Gasteiger partial charge is 0.507 e. The van der Waals surface area contributed by atoms with E-state index >= 15 is 0 Å². The number of ether oxygens (including phenoxy) is 3. The summed E-state index contributed by atoms with van der Waals surface area (Å²) in [7, 11) is 3.14. The van der Waals surface area contributed by atoms with Crippen molar-refractivity contribution >= 4 is 44.1 Å². The Morgan fingerprint density at radius 3 is 2.41 bits per heavy atom. The Morgan fingerprint density at radius 1 is 1.00 bits per heavy atom. The van der Waals surface area contributed by atoms with Gasteiger partial charge in [0.15, 0.2) is 5.13 Å². The Kier molecular flexibility index (Phi) is 7.26. The lowest BCUT2D eigenvalue weighted by Gasteiger charge is -2.23. The van der Waals surface area contributed by atoms with E-state index in [2.05, 4.69) is 4.98 Å². The predicted molar refractivity (Wildman–Crippen MR) is 151 cm³/mol. The molecule has 0 spiro atoms. The van der Waals surface area contributed by atoms with E-state index in [0.717, 1.165) is 16.7 Å². The fraction of sp³-hybridized carbons (Fsp3) is 0.233. The Labute approximate surface area is 230 Å². The van der Waals surface area contributed by atoms with Crippen LogP contribution in [0.25, 0.3) is 16.0 Å². The van der Waals surface area contributed by atoms with Crippen molar-refractivity contribution in [3.63, 3.8) is 0 Å². The fourth-order valence-electron chi connectivity index (χ4n) is 4.62. The SMILES string of the molecule is CCCOc1ccc([C@H]2/C(=C(\O)c3ccc(OC)c(C)c3)C(=O)C(=O)N2c2nc3ccc(OC)cc3s2)cc1. The van der Waals surface area contributed by atoms with E-state index in [0.29, 0.717) is 45.6 Å². The molecule has 1 atom stereocenters. The van der Waals surface area contributed by atoms with Crippen LogP contribution in [-0.2, 0) is 9.59 Å². The van der Waals surface area contributed by atoms with Crippen LogP contribution in [0.2, 0.25) is 0 Å². The number of Topliss-reactive ketones (excluding diaryl/α,β-unsaturated/α-hetero) is 1. The monoisotopic (exact) mass is 544 g/mol. The number of hydrogen-bond acceptors (Lipinski definition) is 8. The van der Waals surface area contributed by atoms with Gasteiger partial charge in [-0.25, -0.2) is 4.98 Å². The molecule has 0 aliphatic carbocycles. The van der Waals surface area contributed by atoms with E-state index in [-0.39, 0.29) is 11.3 Å². The number of anilines is 1. The van der Waals surface area contributed by atoms with E-state index in [1.807, 2.05) is 19.9 Å². The van der Waals surface area contributed by atoms with Crippen LogP contribution in [0.3, 0.4) is 0 Å². The Balaban J connectivity index is 1.67. The number of aliphatic hydroxyl groups excluding tert-OH is 1.